The van der Waals surface area contributed by atoms with Crippen LogP contribution in [0, 0.1) is 13.8 Å². The quantitative estimate of drug-likeness (QED) is 0.521. The Morgan fingerprint density at radius 1 is 0.933 bits per heavy atom. The third kappa shape index (κ3) is 4.20. The maximum Gasteiger partial charge on any atom is 0.339 e. The van der Waals surface area contributed by atoms with Crippen LogP contribution < -0.4 is 10.0 Å². The number of aromatic amines is 1. The first-order chi connectivity index (χ1) is 14.2. The predicted octanol–water partition coefficient (Wildman–Crippen LogP) is 3.47. The Hall–Kier alpha value is -3.59. The molecular formula is C21H21N3O5S. The van der Waals surface area contributed by atoms with Crippen molar-refractivity contribution in [2.75, 3.05) is 17.1 Å². The number of hydrogen-bond acceptors (Lipinski definition) is 5. The molecule has 0 fully saturated rings. The molecule has 8 nitrogen and oxygen atoms in total. The molecule has 0 bridgehead atoms. The van der Waals surface area contributed by atoms with Crippen LogP contribution in [0.3, 0.4) is 0 Å². The van der Waals surface area contributed by atoms with Crippen LogP contribution in [-0.2, 0) is 14.8 Å². The van der Waals surface area contributed by atoms with Crippen molar-refractivity contribution in [1.29, 1.82) is 0 Å². The zero-order valence-electron chi connectivity index (χ0n) is 16.6. The van der Waals surface area contributed by atoms with E-state index in [0.29, 0.717) is 16.8 Å². The number of hydrogen-bond donors (Lipinski definition) is 3. The van der Waals surface area contributed by atoms with Gasteiger partial charge in [0.05, 0.1) is 28.9 Å². The molecule has 156 valence electrons. The predicted molar refractivity (Wildman–Crippen MR) is 113 cm³/mol. The number of carbonyl (C=O) groups excluding carboxylic acids is 2. The van der Waals surface area contributed by atoms with Gasteiger partial charge in [0, 0.05) is 5.69 Å². The second kappa shape index (κ2) is 8.42. The topological polar surface area (TPSA) is 117 Å². The van der Waals surface area contributed by atoms with Crippen molar-refractivity contribution in [3.8, 4) is 0 Å². The summed E-state index contributed by atoms with van der Waals surface area (Å²) in [6.45, 7) is 3.30. The fraction of sp³-hybridized carbons (Fsp3) is 0.143. The summed E-state index contributed by atoms with van der Waals surface area (Å²) in [7, 11) is -2.57. The van der Waals surface area contributed by atoms with Crippen LogP contribution in [0.25, 0.3) is 0 Å². The van der Waals surface area contributed by atoms with Gasteiger partial charge >= 0.3 is 5.97 Å². The maximum absolute atomic E-state index is 12.8. The molecule has 9 heteroatoms. The summed E-state index contributed by atoms with van der Waals surface area (Å²) < 4.78 is 32.5. The molecule has 30 heavy (non-hydrogen) atoms. The van der Waals surface area contributed by atoms with Crippen LogP contribution in [0.15, 0.2) is 59.5 Å². The van der Waals surface area contributed by atoms with E-state index >= 15 is 0 Å². The summed E-state index contributed by atoms with van der Waals surface area (Å²) in [6, 6.07) is 14.4. The Labute approximate surface area is 174 Å². The minimum absolute atomic E-state index is 0.102. The molecule has 3 rings (SSSR count). The molecule has 0 radical (unpaired) electrons. The zero-order valence-corrected chi connectivity index (χ0v) is 17.5. The summed E-state index contributed by atoms with van der Waals surface area (Å²) >= 11 is 0. The number of H-pyrrole nitrogens is 1. The lowest BCUT2D eigenvalue weighted by Gasteiger charge is -2.13. The Balaban J connectivity index is 1.89. The number of esters is 1. The molecule has 0 unspecified atom stereocenters. The van der Waals surface area contributed by atoms with Crippen molar-refractivity contribution in [2.24, 2.45) is 0 Å². The molecule has 0 spiro atoms. The first kappa shape index (κ1) is 21.1. The van der Waals surface area contributed by atoms with Gasteiger partial charge in [-0.2, -0.15) is 0 Å². The molecule has 3 aromatic rings. The number of para-hydroxylation sites is 2. The Kier molecular flexibility index (Phi) is 5.93. The number of amides is 1. The minimum atomic E-state index is -3.83. The summed E-state index contributed by atoms with van der Waals surface area (Å²) in [5.74, 6) is -1.06. The largest absolute Gasteiger partial charge is 0.465 e. The van der Waals surface area contributed by atoms with E-state index in [9.17, 15) is 18.0 Å². The van der Waals surface area contributed by atoms with Gasteiger partial charge < -0.3 is 15.0 Å². The highest BCUT2D eigenvalue weighted by Gasteiger charge is 2.23. The smallest absolute Gasteiger partial charge is 0.339 e. The van der Waals surface area contributed by atoms with Gasteiger partial charge in [-0.05, 0) is 43.7 Å². The summed E-state index contributed by atoms with van der Waals surface area (Å²) in [5.41, 5.74) is 1.91. The van der Waals surface area contributed by atoms with E-state index in [-0.39, 0.29) is 22.0 Å². The van der Waals surface area contributed by atoms with Crippen molar-refractivity contribution in [1.82, 2.24) is 4.98 Å². The molecule has 1 aromatic heterocycles. The van der Waals surface area contributed by atoms with E-state index in [1.54, 1.807) is 56.3 Å². The summed E-state index contributed by atoms with van der Waals surface area (Å²) in [5, 5.41) is 2.69. The SMILES string of the molecule is COC(=O)c1c(C)[nH]c(C(=O)Nc2ccccc2NS(=O)(=O)c2ccccc2)c1C. The van der Waals surface area contributed by atoms with Crippen LogP contribution in [0.2, 0.25) is 0 Å². The molecule has 2 aromatic carbocycles. The molecule has 3 N–H and O–H groups in total. The van der Waals surface area contributed by atoms with Gasteiger partial charge in [-0.25, -0.2) is 13.2 Å². The van der Waals surface area contributed by atoms with Crippen LogP contribution in [0.1, 0.15) is 32.1 Å². The summed E-state index contributed by atoms with van der Waals surface area (Å²) in [6.07, 6.45) is 0. The van der Waals surface area contributed by atoms with Gasteiger partial charge in [-0.15, -0.1) is 0 Å². The highest BCUT2D eigenvalue weighted by atomic mass is 32.2. The third-order valence-electron chi connectivity index (χ3n) is 4.53. The number of benzene rings is 2. The summed E-state index contributed by atoms with van der Waals surface area (Å²) in [4.78, 5) is 27.8. The fourth-order valence-electron chi connectivity index (χ4n) is 3.05. The highest BCUT2D eigenvalue weighted by molar-refractivity contribution is 7.92. The first-order valence-electron chi connectivity index (χ1n) is 9.00. The standard InChI is InChI=1S/C21H21N3O5S/c1-13-18(21(26)29-3)14(2)22-19(13)20(25)23-16-11-7-8-12-17(16)24-30(27,28)15-9-5-4-6-10-15/h4-12,22,24H,1-3H3,(H,23,25). The van der Waals surface area contributed by atoms with Crippen molar-refractivity contribution in [2.45, 2.75) is 18.7 Å². The average molecular weight is 427 g/mol. The number of anilines is 2. The second-order valence-corrected chi connectivity index (χ2v) is 8.22. The number of carbonyl (C=O) groups is 2. The lowest BCUT2D eigenvalue weighted by atomic mass is 10.1. The van der Waals surface area contributed by atoms with Crippen molar-refractivity contribution in [3.63, 3.8) is 0 Å². The van der Waals surface area contributed by atoms with Gasteiger partial charge in [0.25, 0.3) is 15.9 Å². The molecule has 0 aliphatic heterocycles. The van der Waals surface area contributed by atoms with E-state index in [1.165, 1.54) is 19.2 Å². The number of rotatable bonds is 6. The number of aryl methyl sites for hydroxylation is 1. The van der Waals surface area contributed by atoms with E-state index < -0.39 is 21.9 Å². The Morgan fingerprint density at radius 2 is 1.53 bits per heavy atom. The lowest BCUT2D eigenvalue weighted by molar-refractivity contribution is 0.0599. The fourth-order valence-corrected chi connectivity index (χ4v) is 4.16. The number of ether oxygens (including phenoxy) is 1. The van der Waals surface area contributed by atoms with Crippen LogP contribution in [-0.4, -0.2) is 32.4 Å². The number of aromatic nitrogens is 1. The van der Waals surface area contributed by atoms with E-state index in [4.69, 9.17) is 4.74 Å². The molecular weight excluding hydrogens is 406 g/mol. The number of nitrogens with one attached hydrogen (secondary N) is 3. The van der Waals surface area contributed by atoms with Gasteiger partial charge in [-0.1, -0.05) is 30.3 Å². The van der Waals surface area contributed by atoms with Crippen molar-refractivity contribution in [3.05, 3.63) is 77.1 Å². The van der Waals surface area contributed by atoms with Gasteiger partial charge in [0.15, 0.2) is 0 Å². The first-order valence-corrected chi connectivity index (χ1v) is 10.5. The third-order valence-corrected chi connectivity index (χ3v) is 5.91. The molecule has 0 saturated carbocycles. The van der Waals surface area contributed by atoms with E-state index in [1.807, 2.05) is 0 Å². The number of sulfonamides is 1. The van der Waals surface area contributed by atoms with Gasteiger partial charge in [0.1, 0.15) is 5.69 Å². The zero-order chi connectivity index (χ0) is 21.9. The highest BCUT2D eigenvalue weighted by Crippen LogP contribution is 2.26. The second-order valence-electron chi connectivity index (χ2n) is 6.53. The van der Waals surface area contributed by atoms with E-state index in [0.717, 1.165) is 0 Å². The maximum atomic E-state index is 12.8. The van der Waals surface area contributed by atoms with Crippen molar-refractivity contribution >= 4 is 33.3 Å². The molecule has 0 aliphatic carbocycles. The van der Waals surface area contributed by atoms with Crippen LogP contribution >= 0.6 is 0 Å². The van der Waals surface area contributed by atoms with Gasteiger partial charge in [0.2, 0.25) is 0 Å². The Morgan fingerprint density at radius 3 is 2.17 bits per heavy atom. The molecule has 1 amide bonds. The lowest BCUT2D eigenvalue weighted by Crippen LogP contribution is -2.18. The molecule has 0 saturated heterocycles. The Bertz CT molecular complexity index is 1200. The van der Waals surface area contributed by atoms with Crippen molar-refractivity contribution < 1.29 is 22.7 Å². The number of methoxy groups -OCH3 is 1. The molecule has 0 atom stereocenters. The average Bonchev–Trinajstić information content (AvgIpc) is 3.03. The molecule has 1 heterocycles. The monoisotopic (exact) mass is 427 g/mol. The van der Waals surface area contributed by atoms with Crippen LogP contribution in [0.4, 0.5) is 11.4 Å². The normalized spacial score (nSPS) is 11.0. The van der Waals surface area contributed by atoms with Crippen LogP contribution in [0.5, 0.6) is 0 Å². The van der Waals surface area contributed by atoms with Gasteiger partial charge in [-0.3, -0.25) is 9.52 Å². The molecule has 0 aliphatic rings. The minimum Gasteiger partial charge on any atom is -0.465 e. The van der Waals surface area contributed by atoms with E-state index in [2.05, 4.69) is 15.0 Å².